The van der Waals surface area contributed by atoms with Gasteiger partial charge in [-0.15, -0.1) is 0 Å². The quantitative estimate of drug-likeness (QED) is 0.833. The molecule has 2 N–H and O–H groups in total. The third-order valence-corrected chi connectivity index (χ3v) is 5.12. The Balaban J connectivity index is 1.80. The fourth-order valence-corrected chi connectivity index (χ4v) is 3.76. The van der Waals surface area contributed by atoms with E-state index in [4.69, 9.17) is 0 Å². The molecule has 1 atom stereocenters. The molecule has 0 saturated heterocycles. The predicted octanol–water partition coefficient (Wildman–Crippen LogP) is 4.67. The number of phenolic OH excluding ortho intramolecular Hbond substituents is 1. The minimum absolute atomic E-state index is 0.0701. The van der Waals surface area contributed by atoms with Gasteiger partial charge in [-0.25, -0.2) is 0 Å². The molecule has 0 heterocycles. The summed E-state index contributed by atoms with van der Waals surface area (Å²) in [6, 6.07) is 16.0. The highest BCUT2D eigenvalue weighted by molar-refractivity contribution is 5.78. The lowest BCUT2D eigenvalue weighted by atomic mass is 9.87. The predicted molar refractivity (Wildman–Crippen MR) is 101 cm³/mol. The van der Waals surface area contributed by atoms with Crippen LogP contribution in [0.5, 0.6) is 5.75 Å². The van der Waals surface area contributed by atoms with Crippen LogP contribution >= 0.6 is 0 Å². The summed E-state index contributed by atoms with van der Waals surface area (Å²) in [4.78, 5) is 12.7. The molecule has 1 saturated carbocycles. The fraction of sp³-hybridized carbons (Fsp3) is 0.409. The van der Waals surface area contributed by atoms with Crippen molar-refractivity contribution in [3.63, 3.8) is 0 Å². The summed E-state index contributed by atoms with van der Waals surface area (Å²) in [7, 11) is 0. The lowest BCUT2D eigenvalue weighted by molar-refractivity contribution is -0.122. The summed E-state index contributed by atoms with van der Waals surface area (Å²) in [6.07, 6.45) is 6.19. The first kappa shape index (κ1) is 17.5. The smallest absolute Gasteiger partial charge is 0.221 e. The van der Waals surface area contributed by atoms with E-state index in [-0.39, 0.29) is 17.6 Å². The van der Waals surface area contributed by atoms with Crippen molar-refractivity contribution in [2.45, 2.75) is 57.4 Å². The van der Waals surface area contributed by atoms with Crippen LogP contribution in [0.4, 0.5) is 0 Å². The van der Waals surface area contributed by atoms with E-state index in [1.165, 1.54) is 19.3 Å². The molecule has 0 unspecified atom stereocenters. The van der Waals surface area contributed by atoms with Gasteiger partial charge in [0.15, 0.2) is 0 Å². The number of rotatable bonds is 5. The first-order valence-corrected chi connectivity index (χ1v) is 9.27. The van der Waals surface area contributed by atoms with Crippen LogP contribution in [0.1, 0.15) is 61.1 Å². The fourth-order valence-electron chi connectivity index (χ4n) is 3.76. The first-order valence-electron chi connectivity index (χ1n) is 9.27. The van der Waals surface area contributed by atoms with E-state index in [0.29, 0.717) is 12.5 Å². The van der Waals surface area contributed by atoms with Gasteiger partial charge in [-0.2, -0.15) is 0 Å². The Morgan fingerprint density at radius 2 is 1.84 bits per heavy atom. The average Bonchev–Trinajstić information content (AvgIpc) is 2.62. The first-order chi connectivity index (χ1) is 12.1. The standard InChI is InChI=1S/C22H27NO2/c1-16-12-13-19(21(24)14-16)20(17-8-4-2-5-9-17)15-22(25)23-18-10-6-3-7-11-18/h2,4-5,8-9,12-14,18,20,24H,3,6-7,10-11,15H2,1H3,(H,23,25)/t20-/m1/s1. The van der Waals surface area contributed by atoms with Crippen LogP contribution in [-0.4, -0.2) is 17.1 Å². The van der Waals surface area contributed by atoms with Gasteiger partial charge in [0.1, 0.15) is 5.75 Å². The van der Waals surface area contributed by atoms with Crippen LogP contribution in [0, 0.1) is 6.92 Å². The summed E-state index contributed by atoms with van der Waals surface area (Å²) in [6.45, 7) is 1.96. The van der Waals surface area contributed by atoms with Crippen LogP contribution in [-0.2, 0) is 4.79 Å². The Morgan fingerprint density at radius 1 is 1.12 bits per heavy atom. The van der Waals surface area contributed by atoms with Gasteiger partial charge in [-0.3, -0.25) is 4.79 Å². The van der Waals surface area contributed by atoms with Gasteiger partial charge in [0.05, 0.1) is 0 Å². The molecular weight excluding hydrogens is 310 g/mol. The molecule has 132 valence electrons. The summed E-state index contributed by atoms with van der Waals surface area (Å²) >= 11 is 0. The molecule has 0 aliphatic heterocycles. The van der Waals surface area contributed by atoms with Crippen molar-refractivity contribution in [2.24, 2.45) is 0 Å². The number of carbonyl (C=O) groups is 1. The molecule has 25 heavy (non-hydrogen) atoms. The molecule has 1 aliphatic rings. The molecule has 1 amide bonds. The topological polar surface area (TPSA) is 49.3 Å². The van der Waals surface area contributed by atoms with Gasteiger partial charge < -0.3 is 10.4 Å². The Morgan fingerprint density at radius 3 is 2.52 bits per heavy atom. The zero-order chi connectivity index (χ0) is 17.6. The Bertz CT molecular complexity index is 705. The summed E-state index contributed by atoms with van der Waals surface area (Å²) in [5.41, 5.74) is 2.88. The zero-order valence-corrected chi connectivity index (χ0v) is 14.9. The average molecular weight is 337 g/mol. The number of nitrogens with one attached hydrogen (secondary N) is 1. The molecule has 2 aromatic carbocycles. The van der Waals surface area contributed by atoms with Gasteiger partial charge in [0.2, 0.25) is 5.91 Å². The maximum absolute atomic E-state index is 12.7. The van der Waals surface area contributed by atoms with E-state index in [0.717, 1.165) is 29.5 Å². The van der Waals surface area contributed by atoms with E-state index < -0.39 is 0 Å². The van der Waals surface area contributed by atoms with Crippen LogP contribution in [0.25, 0.3) is 0 Å². The summed E-state index contributed by atoms with van der Waals surface area (Å²) in [5, 5.41) is 13.6. The number of hydrogen-bond acceptors (Lipinski definition) is 2. The van der Waals surface area contributed by atoms with Crippen LogP contribution in [0.3, 0.4) is 0 Å². The second-order valence-electron chi connectivity index (χ2n) is 7.13. The molecular formula is C22H27NO2. The number of phenols is 1. The lowest BCUT2D eigenvalue weighted by Gasteiger charge is -2.25. The largest absolute Gasteiger partial charge is 0.508 e. The van der Waals surface area contributed by atoms with Crippen molar-refractivity contribution in [3.05, 3.63) is 65.2 Å². The van der Waals surface area contributed by atoms with Gasteiger partial charge in [0, 0.05) is 23.9 Å². The Kier molecular flexibility index (Phi) is 5.75. The van der Waals surface area contributed by atoms with Crippen molar-refractivity contribution in [3.8, 4) is 5.75 Å². The minimum Gasteiger partial charge on any atom is -0.508 e. The second kappa shape index (κ2) is 8.19. The van der Waals surface area contributed by atoms with Crippen LogP contribution in [0.2, 0.25) is 0 Å². The molecule has 3 nitrogen and oxygen atoms in total. The van der Waals surface area contributed by atoms with E-state index in [2.05, 4.69) is 5.32 Å². The van der Waals surface area contributed by atoms with Crippen molar-refractivity contribution < 1.29 is 9.90 Å². The maximum atomic E-state index is 12.7. The summed E-state index contributed by atoms with van der Waals surface area (Å²) in [5.74, 6) is 0.199. The number of aryl methyl sites for hydroxylation is 1. The Labute approximate surface area is 150 Å². The van der Waals surface area contributed by atoms with E-state index in [1.807, 2.05) is 49.4 Å². The molecule has 0 spiro atoms. The number of hydrogen-bond donors (Lipinski definition) is 2. The molecule has 2 aromatic rings. The molecule has 0 bridgehead atoms. The van der Waals surface area contributed by atoms with Crippen molar-refractivity contribution in [1.29, 1.82) is 0 Å². The molecule has 3 rings (SSSR count). The third kappa shape index (κ3) is 4.62. The molecule has 0 radical (unpaired) electrons. The van der Waals surface area contributed by atoms with Crippen molar-refractivity contribution in [2.75, 3.05) is 0 Å². The molecule has 1 fully saturated rings. The second-order valence-corrected chi connectivity index (χ2v) is 7.13. The van der Waals surface area contributed by atoms with Crippen molar-refractivity contribution in [1.82, 2.24) is 5.32 Å². The van der Waals surface area contributed by atoms with Gasteiger partial charge in [-0.05, 0) is 37.0 Å². The SMILES string of the molecule is Cc1ccc([C@H](CC(=O)NC2CCCCC2)c2ccccc2)c(O)c1. The van der Waals surface area contributed by atoms with Gasteiger partial charge in [-0.1, -0.05) is 61.7 Å². The van der Waals surface area contributed by atoms with Crippen LogP contribution < -0.4 is 5.32 Å². The zero-order valence-electron chi connectivity index (χ0n) is 14.9. The highest BCUT2D eigenvalue weighted by atomic mass is 16.3. The van der Waals surface area contributed by atoms with Crippen LogP contribution in [0.15, 0.2) is 48.5 Å². The van der Waals surface area contributed by atoms with E-state index in [9.17, 15) is 9.90 Å². The Hall–Kier alpha value is -2.29. The maximum Gasteiger partial charge on any atom is 0.221 e. The number of aromatic hydroxyl groups is 1. The normalized spacial score (nSPS) is 16.4. The monoisotopic (exact) mass is 337 g/mol. The number of carbonyl (C=O) groups excluding carboxylic acids is 1. The molecule has 3 heteroatoms. The van der Waals surface area contributed by atoms with Crippen molar-refractivity contribution >= 4 is 5.91 Å². The molecule has 0 aromatic heterocycles. The highest BCUT2D eigenvalue weighted by Gasteiger charge is 2.23. The van der Waals surface area contributed by atoms with E-state index >= 15 is 0 Å². The van der Waals surface area contributed by atoms with E-state index in [1.54, 1.807) is 6.07 Å². The molecule has 1 aliphatic carbocycles. The lowest BCUT2D eigenvalue weighted by Crippen LogP contribution is -2.36. The minimum atomic E-state index is -0.134. The number of amides is 1. The third-order valence-electron chi connectivity index (χ3n) is 5.12. The highest BCUT2D eigenvalue weighted by Crippen LogP contribution is 2.34. The van der Waals surface area contributed by atoms with Gasteiger partial charge in [0.25, 0.3) is 0 Å². The number of benzene rings is 2. The summed E-state index contributed by atoms with van der Waals surface area (Å²) < 4.78 is 0. The van der Waals surface area contributed by atoms with Gasteiger partial charge >= 0.3 is 0 Å².